The van der Waals surface area contributed by atoms with Gasteiger partial charge in [0.05, 0.1) is 13.4 Å². The van der Waals surface area contributed by atoms with Gasteiger partial charge in [-0.05, 0) is 29.8 Å². The second kappa shape index (κ2) is 6.84. The molecule has 0 atom stereocenters. The third-order valence-corrected chi connectivity index (χ3v) is 4.29. The third kappa shape index (κ3) is 3.30. The monoisotopic (exact) mass is 346 g/mol. The molecule has 2 aromatic heterocycles. The van der Waals surface area contributed by atoms with E-state index in [2.05, 4.69) is 4.98 Å². The van der Waals surface area contributed by atoms with Gasteiger partial charge in [-0.25, -0.2) is 9.37 Å². The smallest absolute Gasteiger partial charge is 0.273 e. The van der Waals surface area contributed by atoms with Crippen LogP contribution in [-0.2, 0) is 6.54 Å². The minimum atomic E-state index is -0.454. The van der Waals surface area contributed by atoms with Crippen LogP contribution in [0, 0.1) is 5.82 Å². The average molecular weight is 346 g/mol. The van der Waals surface area contributed by atoms with Gasteiger partial charge in [-0.3, -0.25) is 4.79 Å². The van der Waals surface area contributed by atoms with E-state index in [1.807, 2.05) is 0 Å². The van der Waals surface area contributed by atoms with Gasteiger partial charge in [-0.2, -0.15) is 0 Å². The maximum atomic E-state index is 13.7. The Bertz CT molecular complexity index is 845. The van der Waals surface area contributed by atoms with Crippen molar-refractivity contribution in [2.24, 2.45) is 0 Å². The number of thiazole rings is 1. The van der Waals surface area contributed by atoms with Crippen molar-refractivity contribution in [3.8, 4) is 16.5 Å². The Kier molecular flexibility index (Phi) is 4.61. The van der Waals surface area contributed by atoms with Gasteiger partial charge in [0, 0.05) is 19.0 Å². The Labute approximate surface area is 142 Å². The quantitative estimate of drug-likeness (QED) is 0.705. The van der Waals surface area contributed by atoms with Crippen molar-refractivity contribution in [1.29, 1.82) is 0 Å². The topological polar surface area (TPSA) is 55.6 Å². The second-order valence-electron chi connectivity index (χ2n) is 5.15. The number of furan rings is 1. The molecule has 124 valence electrons. The third-order valence-electron chi connectivity index (χ3n) is 3.44. The van der Waals surface area contributed by atoms with Crippen LogP contribution in [-0.4, -0.2) is 29.9 Å². The zero-order chi connectivity index (χ0) is 17.1. The van der Waals surface area contributed by atoms with Crippen LogP contribution < -0.4 is 4.74 Å². The zero-order valence-corrected chi connectivity index (χ0v) is 14.0. The summed E-state index contributed by atoms with van der Waals surface area (Å²) in [7, 11) is 3.06. The summed E-state index contributed by atoms with van der Waals surface area (Å²) >= 11 is 1.34. The molecule has 0 radical (unpaired) electrons. The molecule has 0 fully saturated rings. The summed E-state index contributed by atoms with van der Waals surface area (Å²) in [6, 6.07) is 8.18. The van der Waals surface area contributed by atoms with E-state index in [1.54, 1.807) is 43.0 Å². The fourth-order valence-electron chi connectivity index (χ4n) is 2.23. The molecule has 0 spiro atoms. The normalized spacial score (nSPS) is 10.6. The highest BCUT2D eigenvalue weighted by Gasteiger charge is 2.17. The molecule has 1 amide bonds. The van der Waals surface area contributed by atoms with E-state index in [-0.39, 0.29) is 18.2 Å². The highest BCUT2D eigenvalue weighted by atomic mass is 32.1. The largest absolute Gasteiger partial charge is 0.494 e. The number of benzene rings is 1. The van der Waals surface area contributed by atoms with Crippen LogP contribution in [0.2, 0.25) is 0 Å². The van der Waals surface area contributed by atoms with Crippen LogP contribution in [0.1, 0.15) is 16.1 Å². The maximum absolute atomic E-state index is 13.7. The summed E-state index contributed by atoms with van der Waals surface area (Å²) in [6.45, 7) is 0.271. The maximum Gasteiger partial charge on any atom is 0.273 e. The summed E-state index contributed by atoms with van der Waals surface area (Å²) in [6.07, 6.45) is 1.56. The lowest BCUT2D eigenvalue weighted by atomic mass is 10.2. The lowest BCUT2D eigenvalue weighted by molar-refractivity contribution is 0.0780. The minimum absolute atomic E-state index is 0.176. The Morgan fingerprint density at radius 2 is 2.25 bits per heavy atom. The van der Waals surface area contributed by atoms with E-state index in [4.69, 9.17) is 9.15 Å². The second-order valence-corrected chi connectivity index (χ2v) is 6.00. The van der Waals surface area contributed by atoms with Gasteiger partial charge in [0.1, 0.15) is 5.69 Å². The number of methoxy groups -OCH3 is 1. The molecule has 0 aliphatic rings. The van der Waals surface area contributed by atoms with E-state index in [0.717, 1.165) is 0 Å². The molecule has 7 heteroatoms. The summed E-state index contributed by atoms with van der Waals surface area (Å²) < 4.78 is 23.9. The van der Waals surface area contributed by atoms with Crippen LogP contribution in [0.5, 0.6) is 5.75 Å². The van der Waals surface area contributed by atoms with Gasteiger partial charge in [0.2, 0.25) is 0 Å². The molecule has 0 aliphatic carbocycles. The predicted octanol–water partition coefficient (Wildman–Crippen LogP) is 3.82. The molecule has 3 aromatic rings. The van der Waals surface area contributed by atoms with Crippen LogP contribution in [0.15, 0.2) is 46.4 Å². The van der Waals surface area contributed by atoms with Crippen molar-refractivity contribution in [3.05, 3.63) is 59.0 Å². The molecule has 3 rings (SSSR count). The SMILES string of the molecule is COc1ccc(CN(C)C(=O)c2csc(-c3ccco3)n2)cc1F. The Morgan fingerprint density at radius 1 is 1.42 bits per heavy atom. The molecule has 0 aliphatic heterocycles. The van der Waals surface area contributed by atoms with Crippen molar-refractivity contribution in [2.45, 2.75) is 6.54 Å². The number of nitrogens with zero attached hydrogens (tertiary/aromatic N) is 2. The average Bonchev–Trinajstić information content (AvgIpc) is 3.25. The number of rotatable bonds is 5. The van der Waals surface area contributed by atoms with Crippen molar-refractivity contribution in [1.82, 2.24) is 9.88 Å². The van der Waals surface area contributed by atoms with Crippen LogP contribution in [0.25, 0.3) is 10.8 Å². The first kappa shape index (κ1) is 16.2. The molecule has 0 N–H and O–H groups in total. The molecule has 24 heavy (non-hydrogen) atoms. The van der Waals surface area contributed by atoms with Gasteiger partial charge >= 0.3 is 0 Å². The first-order valence-electron chi connectivity index (χ1n) is 7.15. The van der Waals surface area contributed by atoms with E-state index in [1.165, 1.54) is 29.4 Å². The van der Waals surface area contributed by atoms with E-state index in [9.17, 15) is 9.18 Å². The summed E-state index contributed by atoms with van der Waals surface area (Å²) in [4.78, 5) is 18.2. The molecule has 0 saturated heterocycles. The number of hydrogen-bond acceptors (Lipinski definition) is 5. The number of amides is 1. The first-order chi connectivity index (χ1) is 11.6. The van der Waals surface area contributed by atoms with Crippen molar-refractivity contribution < 1.29 is 18.3 Å². The predicted molar refractivity (Wildman–Crippen MR) is 88.6 cm³/mol. The zero-order valence-electron chi connectivity index (χ0n) is 13.2. The van der Waals surface area contributed by atoms with Crippen molar-refractivity contribution in [2.75, 3.05) is 14.2 Å². The molecule has 1 aromatic carbocycles. The van der Waals surface area contributed by atoms with Crippen LogP contribution in [0.4, 0.5) is 4.39 Å². The van der Waals surface area contributed by atoms with Gasteiger partial charge < -0.3 is 14.1 Å². The highest BCUT2D eigenvalue weighted by molar-refractivity contribution is 7.13. The summed E-state index contributed by atoms with van der Waals surface area (Å²) in [5.74, 6) is 0.110. The molecule has 0 unspecified atom stereocenters. The molecular formula is C17H15FN2O3S. The lowest BCUT2D eigenvalue weighted by Gasteiger charge is -2.16. The molecule has 2 heterocycles. The number of carbonyl (C=O) groups excluding carboxylic acids is 1. The number of hydrogen-bond donors (Lipinski definition) is 0. The Hall–Kier alpha value is -2.67. The number of halogens is 1. The van der Waals surface area contributed by atoms with Gasteiger partial charge in [0.15, 0.2) is 22.3 Å². The van der Waals surface area contributed by atoms with Crippen LogP contribution >= 0.6 is 11.3 Å². The lowest BCUT2D eigenvalue weighted by Crippen LogP contribution is -2.26. The Morgan fingerprint density at radius 3 is 2.92 bits per heavy atom. The highest BCUT2D eigenvalue weighted by Crippen LogP contribution is 2.25. The fourth-order valence-corrected chi connectivity index (χ4v) is 2.99. The van der Waals surface area contributed by atoms with E-state index < -0.39 is 5.82 Å². The molecule has 5 nitrogen and oxygen atoms in total. The molecule has 0 saturated carbocycles. The first-order valence-corrected chi connectivity index (χ1v) is 8.03. The number of ether oxygens (including phenoxy) is 1. The molecular weight excluding hydrogens is 331 g/mol. The van der Waals surface area contributed by atoms with Gasteiger partial charge in [-0.15, -0.1) is 11.3 Å². The standard InChI is InChI=1S/C17H15FN2O3S/c1-20(9-11-5-6-14(22-2)12(18)8-11)17(21)13-10-24-16(19-13)15-4-3-7-23-15/h3-8,10H,9H2,1-2H3. The molecule has 0 bridgehead atoms. The van der Waals surface area contributed by atoms with Gasteiger partial charge in [-0.1, -0.05) is 6.07 Å². The van der Waals surface area contributed by atoms with Crippen LogP contribution in [0.3, 0.4) is 0 Å². The van der Waals surface area contributed by atoms with Gasteiger partial charge in [0.25, 0.3) is 5.91 Å². The van der Waals surface area contributed by atoms with E-state index in [0.29, 0.717) is 22.0 Å². The summed E-state index contributed by atoms with van der Waals surface area (Å²) in [5.41, 5.74) is 1.01. The summed E-state index contributed by atoms with van der Waals surface area (Å²) in [5, 5.41) is 2.33. The van der Waals surface area contributed by atoms with Crippen molar-refractivity contribution in [3.63, 3.8) is 0 Å². The fraction of sp³-hybridized carbons (Fsp3) is 0.176. The number of aromatic nitrogens is 1. The minimum Gasteiger partial charge on any atom is -0.494 e. The number of carbonyl (C=O) groups is 1. The van der Waals surface area contributed by atoms with E-state index >= 15 is 0 Å². The van der Waals surface area contributed by atoms with Crippen molar-refractivity contribution >= 4 is 17.2 Å². The Balaban J connectivity index is 1.72.